The highest BCUT2D eigenvalue weighted by Gasteiger charge is 2.18. The molecule has 104 valence electrons. The Morgan fingerprint density at radius 2 is 2.05 bits per heavy atom. The molecule has 0 spiro atoms. The van der Waals surface area contributed by atoms with Crippen molar-refractivity contribution in [2.45, 2.75) is 13.5 Å². The van der Waals surface area contributed by atoms with Gasteiger partial charge in [0.25, 0.3) is 5.91 Å². The number of amides is 1. The predicted molar refractivity (Wildman–Crippen MR) is 71.4 cm³/mol. The Labute approximate surface area is 114 Å². The molecule has 0 atom stereocenters. The Balaban J connectivity index is 2.35. The third-order valence-electron chi connectivity index (χ3n) is 2.89. The van der Waals surface area contributed by atoms with E-state index in [0.29, 0.717) is 12.2 Å². The maximum atomic E-state index is 13.7. The first kappa shape index (κ1) is 13.8. The summed E-state index contributed by atoms with van der Waals surface area (Å²) in [5.74, 6) is -2.64. The Hall–Kier alpha value is -2.63. The molecule has 20 heavy (non-hydrogen) atoms. The zero-order chi connectivity index (χ0) is 14.7. The fraction of sp³-hybridized carbons (Fsp3) is 0.143. The van der Waals surface area contributed by atoms with Gasteiger partial charge >= 0.3 is 5.97 Å². The number of nitrogens with zero attached hydrogens (tertiary/aromatic N) is 1. The average Bonchev–Trinajstić information content (AvgIpc) is 2.89. The zero-order valence-electron chi connectivity index (χ0n) is 10.8. The van der Waals surface area contributed by atoms with Gasteiger partial charge in [-0.15, -0.1) is 0 Å². The molecule has 6 heteroatoms. The molecule has 1 aromatic heterocycles. The van der Waals surface area contributed by atoms with E-state index >= 15 is 0 Å². The minimum Gasteiger partial charge on any atom is -0.478 e. The number of aryl methyl sites for hydroxylation is 1. The number of carbonyl (C=O) groups excluding carboxylic acids is 1. The summed E-state index contributed by atoms with van der Waals surface area (Å²) in [4.78, 5) is 23.1. The minimum absolute atomic E-state index is 0.284. The molecule has 2 N–H and O–H groups in total. The molecule has 0 aliphatic carbocycles. The number of nitrogens with one attached hydrogen (secondary N) is 1. The molecule has 0 aliphatic rings. The highest BCUT2D eigenvalue weighted by Crippen LogP contribution is 2.21. The van der Waals surface area contributed by atoms with Gasteiger partial charge in [-0.25, -0.2) is 9.18 Å². The van der Waals surface area contributed by atoms with Crippen molar-refractivity contribution in [3.8, 4) is 0 Å². The Morgan fingerprint density at radius 3 is 2.70 bits per heavy atom. The SMILES string of the molecule is CCn1cccc1C(=O)Nc1c(F)cccc1C(=O)O. The highest BCUT2D eigenvalue weighted by molar-refractivity contribution is 6.07. The Kier molecular flexibility index (Phi) is 3.84. The molecular formula is C14H13FN2O3. The molecule has 1 amide bonds. The van der Waals surface area contributed by atoms with Gasteiger partial charge in [-0.1, -0.05) is 6.07 Å². The van der Waals surface area contributed by atoms with Crippen molar-refractivity contribution in [3.05, 3.63) is 53.6 Å². The van der Waals surface area contributed by atoms with Crippen LogP contribution in [0.4, 0.5) is 10.1 Å². The quantitative estimate of drug-likeness (QED) is 0.901. The van der Waals surface area contributed by atoms with Crippen molar-refractivity contribution >= 4 is 17.6 Å². The van der Waals surface area contributed by atoms with Gasteiger partial charge < -0.3 is 15.0 Å². The number of carboxylic acids is 1. The molecule has 0 saturated carbocycles. The lowest BCUT2D eigenvalue weighted by Gasteiger charge is -2.10. The summed E-state index contributed by atoms with van der Waals surface area (Å²) < 4.78 is 15.4. The third kappa shape index (κ3) is 2.54. The van der Waals surface area contributed by atoms with E-state index in [1.165, 1.54) is 12.1 Å². The maximum absolute atomic E-state index is 13.7. The number of carboxylic acid groups (broad SMARTS) is 1. The number of aromatic carboxylic acids is 1. The molecule has 1 heterocycles. The van der Waals surface area contributed by atoms with E-state index in [0.717, 1.165) is 6.07 Å². The van der Waals surface area contributed by atoms with Crippen LogP contribution in [0.5, 0.6) is 0 Å². The summed E-state index contributed by atoms with van der Waals surface area (Å²) in [5.41, 5.74) is -0.270. The van der Waals surface area contributed by atoms with Gasteiger partial charge in [-0.3, -0.25) is 4.79 Å². The minimum atomic E-state index is -1.30. The van der Waals surface area contributed by atoms with Crippen LogP contribution in [0.2, 0.25) is 0 Å². The topological polar surface area (TPSA) is 71.3 Å². The second-order valence-electron chi connectivity index (χ2n) is 4.10. The number of anilines is 1. The number of rotatable bonds is 4. The molecule has 0 fully saturated rings. The van der Waals surface area contributed by atoms with Crippen LogP contribution >= 0.6 is 0 Å². The summed E-state index contributed by atoms with van der Waals surface area (Å²) in [7, 11) is 0. The first-order chi connectivity index (χ1) is 9.54. The predicted octanol–water partition coefficient (Wildman–Crippen LogP) is 2.60. The Morgan fingerprint density at radius 1 is 1.30 bits per heavy atom. The summed E-state index contributed by atoms with van der Waals surface area (Å²) >= 11 is 0. The van der Waals surface area contributed by atoms with Crippen molar-refractivity contribution in [1.82, 2.24) is 4.57 Å². The van der Waals surface area contributed by atoms with E-state index in [1.807, 2.05) is 6.92 Å². The number of para-hydroxylation sites is 1. The van der Waals surface area contributed by atoms with Crippen molar-refractivity contribution in [2.75, 3.05) is 5.32 Å². The summed E-state index contributed by atoms with van der Waals surface area (Å²) in [6, 6.07) is 6.89. The van der Waals surface area contributed by atoms with Gasteiger partial charge in [0.2, 0.25) is 0 Å². The number of halogens is 1. The number of carbonyl (C=O) groups is 2. The third-order valence-corrected chi connectivity index (χ3v) is 2.89. The van der Waals surface area contributed by atoms with Crippen LogP contribution < -0.4 is 5.32 Å². The molecule has 0 aliphatic heterocycles. The lowest BCUT2D eigenvalue weighted by atomic mass is 10.1. The van der Waals surface area contributed by atoms with E-state index in [-0.39, 0.29) is 11.3 Å². The molecule has 0 bridgehead atoms. The monoisotopic (exact) mass is 276 g/mol. The van der Waals surface area contributed by atoms with E-state index in [4.69, 9.17) is 5.11 Å². The van der Waals surface area contributed by atoms with Crippen LogP contribution in [0, 0.1) is 5.82 Å². The lowest BCUT2D eigenvalue weighted by Crippen LogP contribution is -2.19. The van der Waals surface area contributed by atoms with E-state index in [9.17, 15) is 14.0 Å². The van der Waals surface area contributed by atoms with Gasteiger partial charge in [0.1, 0.15) is 11.5 Å². The molecule has 5 nitrogen and oxygen atoms in total. The van der Waals surface area contributed by atoms with Gasteiger partial charge in [0.15, 0.2) is 0 Å². The van der Waals surface area contributed by atoms with Crippen LogP contribution in [-0.2, 0) is 6.54 Å². The Bertz CT molecular complexity index is 664. The van der Waals surface area contributed by atoms with E-state index in [2.05, 4.69) is 5.32 Å². The molecule has 1 aromatic carbocycles. The fourth-order valence-corrected chi connectivity index (χ4v) is 1.90. The molecular weight excluding hydrogens is 263 g/mol. The second-order valence-corrected chi connectivity index (χ2v) is 4.10. The second kappa shape index (κ2) is 5.56. The normalized spacial score (nSPS) is 10.3. The average molecular weight is 276 g/mol. The molecule has 0 unspecified atom stereocenters. The number of hydrogen-bond acceptors (Lipinski definition) is 2. The fourth-order valence-electron chi connectivity index (χ4n) is 1.90. The summed E-state index contributed by atoms with van der Waals surface area (Å²) in [6.07, 6.45) is 1.72. The van der Waals surface area contributed by atoms with Crippen LogP contribution in [0.3, 0.4) is 0 Å². The van der Waals surface area contributed by atoms with Crippen LogP contribution in [0.1, 0.15) is 27.8 Å². The number of aromatic nitrogens is 1. The first-order valence-electron chi connectivity index (χ1n) is 6.03. The molecule has 2 rings (SSSR count). The van der Waals surface area contributed by atoms with Gasteiger partial charge in [-0.05, 0) is 31.2 Å². The van der Waals surface area contributed by atoms with Crippen molar-refractivity contribution in [2.24, 2.45) is 0 Å². The van der Waals surface area contributed by atoms with Gasteiger partial charge in [0, 0.05) is 12.7 Å². The number of benzene rings is 1. The largest absolute Gasteiger partial charge is 0.478 e. The van der Waals surface area contributed by atoms with E-state index in [1.54, 1.807) is 22.9 Å². The summed E-state index contributed by atoms with van der Waals surface area (Å²) in [5, 5.41) is 11.3. The molecule has 0 radical (unpaired) electrons. The lowest BCUT2D eigenvalue weighted by molar-refractivity contribution is 0.0697. The van der Waals surface area contributed by atoms with Gasteiger partial charge in [0.05, 0.1) is 11.3 Å². The van der Waals surface area contributed by atoms with Crippen molar-refractivity contribution < 1.29 is 19.1 Å². The van der Waals surface area contributed by atoms with Crippen molar-refractivity contribution in [3.63, 3.8) is 0 Å². The number of hydrogen-bond donors (Lipinski definition) is 2. The standard InChI is InChI=1S/C14H13FN2O3/c1-2-17-8-4-7-11(17)13(18)16-12-9(14(19)20)5-3-6-10(12)15/h3-8H,2H2,1H3,(H,16,18)(H,19,20). The molecule has 0 saturated heterocycles. The molecule has 2 aromatic rings. The highest BCUT2D eigenvalue weighted by atomic mass is 19.1. The van der Waals surface area contributed by atoms with Crippen LogP contribution in [0.15, 0.2) is 36.5 Å². The van der Waals surface area contributed by atoms with Gasteiger partial charge in [-0.2, -0.15) is 0 Å². The maximum Gasteiger partial charge on any atom is 0.337 e. The zero-order valence-corrected chi connectivity index (χ0v) is 10.8. The van der Waals surface area contributed by atoms with E-state index < -0.39 is 17.7 Å². The smallest absolute Gasteiger partial charge is 0.337 e. The van der Waals surface area contributed by atoms with Crippen LogP contribution in [0.25, 0.3) is 0 Å². The van der Waals surface area contributed by atoms with Crippen LogP contribution in [-0.4, -0.2) is 21.6 Å². The van der Waals surface area contributed by atoms with Crippen molar-refractivity contribution in [1.29, 1.82) is 0 Å². The first-order valence-corrected chi connectivity index (χ1v) is 6.03. The summed E-state index contributed by atoms with van der Waals surface area (Å²) in [6.45, 7) is 2.45.